The summed E-state index contributed by atoms with van der Waals surface area (Å²) in [5, 5.41) is 10.5. The maximum absolute atomic E-state index is 13.1. The number of carbonyl (C=O) groups excluding carboxylic acids is 1. The second-order valence-corrected chi connectivity index (χ2v) is 7.23. The first-order valence-electron chi connectivity index (χ1n) is 8.58. The van der Waals surface area contributed by atoms with Crippen LogP contribution < -0.4 is 10.6 Å². The van der Waals surface area contributed by atoms with Crippen LogP contribution in [-0.4, -0.2) is 20.7 Å². The molecule has 0 radical (unpaired) electrons. The van der Waals surface area contributed by atoms with Crippen LogP contribution in [0, 0.1) is 0 Å². The summed E-state index contributed by atoms with van der Waals surface area (Å²) in [5.41, 5.74) is 3.41. The molecule has 0 saturated heterocycles. The molecule has 2 N–H and O–H groups in total. The Labute approximate surface area is 165 Å². The second-order valence-electron chi connectivity index (χ2n) is 6.32. The van der Waals surface area contributed by atoms with Crippen LogP contribution in [0.1, 0.15) is 24.1 Å². The zero-order chi connectivity index (χ0) is 18.8. The lowest BCUT2D eigenvalue weighted by Crippen LogP contribution is -2.34. The molecule has 7 heteroatoms. The van der Waals surface area contributed by atoms with E-state index >= 15 is 0 Å². The third-order valence-corrected chi connectivity index (χ3v) is 4.99. The minimum absolute atomic E-state index is 0.130. The molecule has 1 aliphatic rings. The van der Waals surface area contributed by atoms with Crippen LogP contribution in [0.3, 0.4) is 0 Å². The molecular weight excluding hydrogens is 406 g/mol. The summed E-state index contributed by atoms with van der Waals surface area (Å²) in [6.45, 7) is 2.35. The van der Waals surface area contributed by atoms with Gasteiger partial charge in [-0.15, -0.1) is 0 Å². The Balaban J connectivity index is 1.69. The molecule has 0 spiro atoms. The number of aromatic nitrogens is 3. The second kappa shape index (κ2) is 7.36. The fourth-order valence-electron chi connectivity index (χ4n) is 3.24. The Morgan fingerprint density at radius 3 is 2.81 bits per heavy atom. The Kier molecular flexibility index (Phi) is 4.77. The number of nitrogens with one attached hydrogen (secondary N) is 2. The zero-order valence-corrected chi connectivity index (χ0v) is 16.3. The number of nitrogens with zero attached hydrogens (tertiary/aromatic N) is 3. The number of allylic oxidation sites excluding steroid dienone is 1. The normalized spacial score (nSPS) is 15.9. The minimum Gasteiger partial charge on any atom is -0.348 e. The van der Waals surface area contributed by atoms with Gasteiger partial charge in [-0.2, -0.15) is 10.1 Å². The van der Waals surface area contributed by atoms with Gasteiger partial charge in [-0.1, -0.05) is 58.4 Å². The van der Waals surface area contributed by atoms with Crippen LogP contribution >= 0.6 is 15.9 Å². The predicted molar refractivity (Wildman–Crippen MR) is 107 cm³/mol. The van der Waals surface area contributed by atoms with Crippen LogP contribution in [0.25, 0.3) is 0 Å². The van der Waals surface area contributed by atoms with Gasteiger partial charge in [-0.05, 0) is 30.2 Å². The van der Waals surface area contributed by atoms with E-state index in [1.165, 1.54) is 6.33 Å². The minimum atomic E-state index is -0.350. The van der Waals surface area contributed by atoms with Crippen molar-refractivity contribution in [3.63, 3.8) is 0 Å². The molecule has 1 amide bonds. The van der Waals surface area contributed by atoms with Gasteiger partial charge in [0, 0.05) is 16.7 Å². The number of fused-ring (bicyclic) bond motifs is 1. The van der Waals surface area contributed by atoms with E-state index in [9.17, 15) is 4.79 Å². The van der Waals surface area contributed by atoms with Crippen LogP contribution in [0.4, 0.5) is 5.95 Å². The van der Waals surface area contributed by atoms with Crippen molar-refractivity contribution in [2.75, 3.05) is 5.32 Å². The highest BCUT2D eigenvalue weighted by atomic mass is 79.9. The summed E-state index contributed by atoms with van der Waals surface area (Å²) in [7, 11) is 0. The third kappa shape index (κ3) is 3.50. The summed E-state index contributed by atoms with van der Waals surface area (Å²) < 4.78 is 2.69. The van der Waals surface area contributed by atoms with E-state index in [4.69, 9.17) is 0 Å². The lowest BCUT2D eigenvalue weighted by molar-refractivity contribution is -0.118. The number of amides is 1. The van der Waals surface area contributed by atoms with E-state index < -0.39 is 0 Å². The summed E-state index contributed by atoms with van der Waals surface area (Å²) in [6.07, 6.45) is 1.49. The number of hydrogen-bond acceptors (Lipinski definition) is 4. The van der Waals surface area contributed by atoms with Crippen molar-refractivity contribution in [3.05, 3.63) is 87.8 Å². The monoisotopic (exact) mass is 423 g/mol. The van der Waals surface area contributed by atoms with E-state index in [0.29, 0.717) is 18.1 Å². The van der Waals surface area contributed by atoms with Crippen molar-refractivity contribution < 1.29 is 4.79 Å². The zero-order valence-electron chi connectivity index (χ0n) is 14.7. The van der Waals surface area contributed by atoms with E-state index in [1.807, 2.05) is 61.5 Å². The molecule has 1 unspecified atom stereocenters. The number of rotatable bonds is 4. The molecule has 0 aliphatic carbocycles. The molecule has 0 fully saturated rings. The average molecular weight is 424 g/mol. The molecule has 1 aliphatic heterocycles. The standard InChI is InChI=1S/C20H18BrN5O/c1-13-17(19(27)22-11-14-6-3-2-4-7-14)18(15-8-5-9-16(21)10-15)26-20(25-13)23-12-24-26/h2-10,12,18H,11H2,1H3,(H,22,27)(H,23,24,25). The van der Waals surface area contributed by atoms with Gasteiger partial charge >= 0.3 is 0 Å². The first kappa shape index (κ1) is 17.5. The average Bonchev–Trinajstić information content (AvgIpc) is 3.13. The van der Waals surface area contributed by atoms with Crippen molar-refractivity contribution >= 4 is 27.8 Å². The molecule has 4 rings (SSSR count). The lowest BCUT2D eigenvalue weighted by Gasteiger charge is -2.28. The van der Waals surface area contributed by atoms with Crippen molar-refractivity contribution in [1.29, 1.82) is 0 Å². The largest absolute Gasteiger partial charge is 0.348 e. The molecule has 3 aromatic rings. The Morgan fingerprint density at radius 1 is 1.22 bits per heavy atom. The number of anilines is 1. The van der Waals surface area contributed by atoms with Gasteiger partial charge in [0.2, 0.25) is 5.95 Å². The van der Waals surface area contributed by atoms with E-state index in [2.05, 4.69) is 36.6 Å². The van der Waals surface area contributed by atoms with Crippen molar-refractivity contribution in [3.8, 4) is 0 Å². The van der Waals surface area contributed by atoms with Gasteiger partial charge in [0.05, 0.1) is 5.57 Å². The molecule has 27 heavy (non-hydrogen) atoms. The van der Waals surface area contributed by atoms with E-state index in [0.717, 1.165) is 21.3 Å². The molecule has 1 aromatic heterocycles. The molecule has 2 aromatic carbocycles. The number of benzene rings is 2. The summed E-state index contributed by atoms with van der Waals surface area (Å²) in [5.74, 6) is 0.493. The van der Waals surface area contributed by atoms with Gasteiger partial charge in [0.25, 0.3) is 5.91 Å². The molecule has 6 nitrogen and oxygen atoms in total. The molecule has 1 atom stereocenters. The maximum Gasteiger partial charge on any atom is 0.251 e. The van der Waals surface area contributed by atoms with E-state index in [1.54, 1.807) is 4.68 Å². The fourth-order valence-corrected chi connectivity index (χ4v) is 3.66. The van der Waals surface area contributed by atoms with Gasteiger partial charge in [0.1, 0.15) is 12.4 Å². The van der Waals surface area contributed by atoms with Crippen molar-refractivity contribution in [2.45, 2.75) is 19.5 Å². The highest BCUT2D eigenvalue weighted by molar-refractivity contribution is 9.10. The Morgan fingerprint density at radius 2 is 2.04 bits per heavy atom. The van der Waals surface area contributed by atoms with Crippen LogP contribution in [-0.2, 0) is 11.3 Å². The third-order valence-electron chi connectivity index (χ3n) is 4.50. The highest BCUT2D eigenvalue weighted by Gasteiger charge is 2.33. The molecular formula is C20H18BrN5O. The smallest absolute Gasteiger partial charge is 0.251 e. The topological polar surface area (TPSA) is 71.8 Å². The molecule has 136 valence electrons. The first-order valence-corrected chi connectivity index (χ1v) is 9.37. The van der Waals surface area contributed by atoms with Gasteiger partial charge in [0.15, 0.2) is 0 Å². The van der Waals surface area contributed by atoms with Crippen molar-refractivity contribution in [1.82, 2.24) is 20.1 Å². The van der Waals surface area contributed by atoms with Gasteiger partial charge < -0.3 is 10.6 Å². The quantitative estimate of drug-likeness (QED) is 0.671. The summed E-state index contributed by atoms with van der Waals surface area (Å²) >= 11 is 3.52. The molecule has 0 bridgehead atoms. The molecule has 0 saturated carbocycles. The Hall–Kier alpha value is -2.93. The highest BCUT2D eigenvalue weighted by Crippen LogP contribution is 2.35. The Bertz CT molecular complexity index is 1010. The lowest BCUT2D eigenvalue weighted by atomic mass is 9.95. The van der Waals surface area contributed by atoms with Crippen molar-refractivity contribution in [2.24, 2.45) is 0 Å². The number of hydrogen-bond donors (Lipinski definition) is 2. The van der Waals surface area contributed by atoms with E-state index in [-0.39, 0.29) is 11.9 Å². The molecule has 2 heterocycles. The maximum atomic E-state index is 13.1. The van der Waals surface area contributed by atoms with Gasteiger partial charge in [-0.3, -0.25) is 4.79 Å². The summed E-state index contributed by atoms with van der Waals surface area (Å²) in [4.78, 5) is 17.4. The van der Waals surface area contributed by atoms with Crippen LogP contribution in [0.2, 0.25) is 0 Å². The first-order chi connectivity index (χ1) is 13.1. The SMILES string of the molecule is CC1=C(C(=O)NCc2ccccc2)C(c2cccc(Br)c2)n2ncnc2N1. The number of halogens is 1. The number of carbonyl (C=O) groups is 1. The summed E-state index contributed by atoms with van der Waals surface area (Å²) in [6, 6.07) is 17.4. The fraction of sp³-hybridized carbons (Fsp3) is 0.150. The predicted octanol–water partition coefficient (Wildman–Crippen LogP) is 3.65. The van der Waals surface area contributed by atoms with Crippen LogP contribution in [0.5, 0.6) is 0 Å². The van der Waals surface area contributed by atoms with Gasteiger partial charge in [-0.25, -0.2) is 4.68 Å². The van der Waals surface area contributed by atoms with Crippen LogP contribution in [0.15, 0.2) is 76.7 Å².